The third-order valence-corrected chi connectivity index (χ3v) is 6.53. The molecule has 1 aromatic rings. The van der Waals surface area contributed by atoms with Crippen LogP contribution >= 0.6 is 12.2 Å². The Kier molecular flexibility index (Phi) is 8.34. The van der Waals surface area contributed by atoms with Gasteiger partial charge in [-0.1, -0.05) is 45.1 Å². The van der Waals surface area contributed by atoms with Gasteiger partial charge in [-0.25, -0.2) is 0 Å². The van der Waals surface area contributed by atoms with Crippen LogP contribution in [0.2, 0.25) is 0 Å². The van der Waals surface area contributed by atoms with Gasteiger partial charge in [0, 0.05) is 37.6 Å². The minimum Gasteiger partial charge on any atom is -0.360 e. The summed E-state index contributed by atoms with van der Waals surface area (Å²) in [5.74, 6) is 0. The molecule has 1 aliphatic carbocycles. The Morgan fingerprint density at radius 1 is 1.19 bits per heavy atom. The summed E-state index contributed by atoms with van der Waals surface area (Å²) >= 11 is 5.92. The lowest BCUT2D eigenvalue weighted by Crippen LogP contribution is -2.49. The fraction of sp³-hybridized carbons (Fsp3) is 0.727. The van der Waals surface area contributed by atoms with Crippen molar-refractivity contribution in [2.45, 2.75) is 83.3 Å². The van der Waals surface area contributed by atoms with Crippen molar-refractivity contribution >= 4 is 17.3 Å². The van der Waals surface area contributed by atoms with E-state index >= 15 is 0 Å². The van der Waals surface area contributed by atoms with Gasteiger partial charge in [-0.05, 0) is 62.6 Å². The highest BCUT2D eigenvalue weighted by Crippen LogP contribution is 2.20. The lowest BCUT2D eigenvalue weighted by atomic mass is 9.97. The zero-order valence-corrected chi connectivity index (χ0v) is 17.7. The van der Waals surface area contributed by atoms with E-state index in [-0.39, 0.29) is 0 Å². The Labute approximate surface area is 170 Å². The van der Waals surface area contributed by atoms with E-state index in [9.17, 15) is 0 Å². The molecular weight excluding hydrogens is 352 g/mol. The lowest BCUT2D eigenvalue weighted by molar-refractivity contribution is 0.218. The smallest absolute Gasteiger partial charge is 0.169 e. The molecule has 2 fully saturated rings. The van der Waals surface area contributed by atoms with Crippen LogP contribution < -0.4 is 5.32 Å². The molecule has 4 nitrogen and oxygen atoms in total. The van der Waals surface area contributed by atoms with E-state index in [0.29, 0.717) is 12.1 Å². The molecule has 3 rings (SSSR count). The van der Waals surface area contributed by atoms with Crippen LogP contribution in [0.3, 0.4) is 0 Å². The molecule has 0 radical (unpaired) electrons. The minimum atomic E-state index is 0.542. The van der Waals surface area contributed by atoms with Gasteiger partial charge in [0.1, 0.15) is 0 Å². The maximum absolute atomic E-state index is 5.92. The van der Waals surface area contributed by atoms with Crippen molar-refractivity contribution in [2.75, 3.05) is 19.6 Å². The summed E-state index contributed by atoms with van der Waals surface area (Å²) < 4.78 is 0. The van der Waals surface area contributed by atoms with Gasteiger partial charge >= 0.3 is 0 Å². The van der Waals surface area contributed by atoms with E-state index in [1.54, 1.807) is 0 Å². The molecule has 2 heterocycles. The molecule has 150 valence electrons. The second-order valence-corrected chi connectivity index (χ2v) is 8.54. The standard InChI is InChI=1S/C22H36N4S/c1-2-25-15-9-13-21(25)18-26(17-19-10-8-14-23-16-19)22(27)24-20-11-6-4-3-5-7-12-20/h8,10,14,16,20-21H,2-7,9,11-13,15,17-18H2,1H3,(H,24,27). The quantitative estimate of drug-likeness (QED) is 0.732. The number of hydrogen-bond donors (Lipinski definition) is 1. The molecule has 0 spiro atoms. The summed E-state index contributed by atoms with van der Waals surface area (Å²) in [6.45, 7) is 6.50. The molecule has 1 atom stereocenters. The van der Waals surface area contributed by atoms with Gasteiger partial charge in [0.05, 0.1) is 0 Å². The predicted octanol–water partition coefficient (Wildman–Crippen LogP) is 4.36. The average Bonchev–Trinajstić information content (AvgIpc) is 3.11. The summed E-state index contributed by atoms with van der Waals surface area (Å²) in [5.41, 5.74) is 1.24. The topological polar surface area (TPSA) is 31.4 Å². The summed E-state index contributed by atoms with van der Waals surface area (Å²) in [7, 11) is 0. The second kappa shape index (κ2) is 11.0. The molecule has 0 aromatic carbocycles. The molecule has 1 N–H and O–H groups in total. The van der Waals surface area contributed by atoms with Gasteiger partial charge in [-0.2, -0.15) is 0 Å². The van der Waals surface area contributed by atoms with Gasteiger partial charge in [-0.3, -0.25) is 9.88 Å². The molecule has 1 saturated carbocycles. The van der Waals surface area contributed by atoms with Crippen LogP contribution in [0.5, 0.6) is 0 Å². The van der Waals surface area contributed by atoms with Gasteiger partial charge in [0.15, 0.2) is 5.11 Å². The van der Waals surface area contributed by atoms with E-state index in [4.69, 9.17) is 12.2 Å². The van der Waals surface area contributed by atoms with Crippen molar-refractivity contribution in [1.29, 1.82) is 0 Å². The SMILES string of the molecule is CCN1CCCC1CN(Cc1cccnc1)C(=S)NC1CCCCCCC1. The predicted molar refractivity (Wildman–Crippen MR) is 117 cm³/mol. The van der Waals surface area contributed by atoms with Crippen LogP contribution in [0.25, 0.3) is 0 Å². The van der Waals surface area contributed by atoms with Crippen molar-refractivity contribution in [1.82, 2.24) is 20.1 Å². The van der Waals surface area contributed by atoms with E-state index in [1.165, 1.54) is 69.9 Å². The Balaban J connectivity index is 1.64. The zero-order chi connectivity index (χ0) is 18.9. The highest BCUT2D eigenvalue weighted by molar-refractivity contribution is 7.80. The number of hydrogen-bond acceptors (Lipinski definition) is 3. The monoisotopic (exact) mass is 388 g/mol. The maximum Gasteiger partial charge on any atom is 0.169 e. The maximum atomic E-state index is 5.92. The van der Waals surface area contributed by atoms with Gasteiger partial charge < -0.3 is 10.2 Å². The zero-order valence-electron chi connectivity index (χ0n) is 16.9. The Morgan fingerprint density at radius 3 is 2.67 bits per heavy atom. The van der Waals surface area contributed by atoms with E-state index in [1.807, 2.05) is 18.5 Å². The third-order valence-electron chi connectivity index (χ3n) is 6.15. The van der Waals surface area contributed by atoms with E-state index in [0.717, 1.165) is 24.7 Å². The first kappa shape index (κ1) is 20.5. The number of rotatable bonds is 6. The number of thiocarbonyl (C=S) groups is 1. The molecular formula is C22H36N4S. The molecule has 1 saturated heterocycles. The van der Waals surface area contributed by atoms with Gasteiger partial charge in [0.25, 0.3) is 0 Å². The van der Waals surface area contributed by atoms with Crippen LogP contribution in [0.15, 0.2) is 24.5 Å². The van der Waals surface area contributed by atoms with Crippen LogP contribution in [-0.4, -0.2) is 51.6 Å². The second-order valence-electron chi connectivity index (χ2n) is 8.16. The number of pyridine rings is 1. The van der Waals surface area contributed by atoms with E-state index < -0.39 is 0 Å². The van der Waals surface area contributed by atoms with Crippen LogP contribution in [0.1, 0.15) is 70.3 Å². The summed E-state index contributed by atoms with van der Waals surface area (Å²) in [5, 5.41) is 4.67. The highest BCUT2D eigenvalue weighted by Gasteiger charge is 2.27. The number of likely N-dealkylation sites (tertiary alicyclic amines) is 1. The summed E-state index contributed by atoms with van der Waals surface area (Å²) in [4.78, 5) is 9.30. The van der Waals surface area contributed by atoms with Crippen LogP contribution in [0.4, 0.5) is 0 Å². The fourth-order valence-corrected chi connectivity index (χ4v) is 4.88. The average molecular weight is 389 g/mol. The molecule has 1 unspecified atom stereocenters. The van der Waals surface area contributed by atoms with Crippen molar-refractivity contribution in [3.63, 3.8) is 0 Å². The first-order valence-corrected chi connectivity index (χ1v) is 11.4. The first-order chi connectivity index (χ1) is 13.3. The number of nitrogens with zero attached hydrogens (tertiary/aromatic N) is 3. The molecule has 0 bridgehead atoms. The number of likely N-dealkylation sites (N-methyl/N-ethyl adjacent to an activating group) is 1. The van der Waals surface area contributed by atoms with Crippen molar-refractivity contribution in [3.8, 4) is 0 Å². The third kappa shape index (κ3) is 6.42. The lowest BCUT2D eigenvalue weighted by Gasteiger charge is -2.34. The normalized spacial score (nSPS) is 22.2. The van der Waals surface area contributed by atoms with Crippen LogP contribution in [-0.2, 0) is 6.54 Å². The van der Waals surface area contributed by atoms with E-state index in [2.05, 4.69) is 33.1 Å². The largest absolute Gasteiger partial charge is 0.360 e. The van der Waals surface area contributed by atoms with Gasteiger partial charge in [-0.15, -0.1) is 0 Å². The first-order valence-electron chi connectivity index (χ1n) is 10.9. The van der Waals surface area contributed by atoms with Gasteiger partial charge in [0.2, 0.25) is 0 Å². The molecule has 1 aliphatic heterocycles. The Hall–Kier alpha value is -1.20. The highest BCUT2D eigenvalue weighted by atomic mass is 32.1. The summed E-state index contributed by atoms with van der Waals surface area (Å²) in [6.07, 6.45) is 15.7. The van der Waals surface area contributed by atoms with Crippen molar-refractivity contribution < 1.29 is 0 Å². The Morgan fingerprint density at radius 2 is 1.96 bits per heavy atom. The van der Waals surface area contributed by atoms with Crippen molar-refractivity contribution in [3.05, 3.63) is 30.1 Å². The minimum absolute atomic E-state index is 0.542. The Bertz CT molecular complexity index is 557. The number of aromatic nitrogens is 1. The molecule has 0 amide bonds. The van der Waals surface area contributed by atoms with Crippen LogP contribution in [0, 0.1) is 0 Å². The molecule has 1 aromatic heterocycles. The molecule has 27 heavy (non-hydrogen) atoms. The fourth-order valence-electron chi connectivity index (χ4n) is 4.57. The molecule has 2 aliphatic rings. The van der Waals surface area contributed by atoms with Crippen molar-refractivity contribution in [2.24, 2.45) is 0 Å². The summed E-state index contributed by atoms with van der Waals surface area (Å²) in [6, 6.07) is 5.33. The number of nitrogens with one attached hydrogen (secondary N) is 1. The molecule has 5 heteroatoms.